The van der Waals surface area contributed by atoms with E-state index in [4.69, 9.17) is 33.3 Å². The maximum atomic E-state index is 12.4. The molecule has 0 bridgehead atoms. The van der Waals surface area contributed by atoms with Gasteiger partial charge < -0.3 is 9.47 Å². The Morgan fingerprint density at radius 1 is 1.07 bits per heavy atom. The molecule has 7 nitrogen and oxygen atoms in total. The molecule has 2 amide bonds. The Morgan fingerprint density at radius 2 is 1.73 bits per heavy atom. The van der Waals surface area contributed by atoms with Crippen LogP contribution in [0.15, 0.2) is 36.4 Å². The molecule has 0 saturated heterocycles. The Labute approximate surface area is 186 Å². The molecule has 0 aromatic heterocycles. The van der Waals surface area contributed by atoms with E-state index in [-0.39, 0.29) is 11.7 Å². The summed E-state index contributed by atoms with van der Waals surface area (Å²) in [6, 6.07) is 10.3. The maximum absolute atomic E-state index is 12.4. The summed E-state index contributed by atoms with van der Waals surface area (Å²) in [7, 11) is 0. The van der Waals surface area contributed by atoms with Crippen LogP contribution in [0.3, 0.4) is 0 Å². The van der Waals surface area contributed by atoms with E-state index in [0.29, 0.717) is 28.7 Å². The maximum Gasteiger partial charge on any atom is 0.276 e. The highest BCUT2D eigenvalue weighted by Gasteiger charge is 2.14. The van der Waals surface area contributed by atoms with Crippen LogP contribution in [0, 0.1) is 13.8 Å². The molecular formula is C21H24ClN3O4S. The average Bonchev–Trinajstić information content (AvgIpc) is 2.73. The van der Waals surface area contributed by atoms with Gasteiger partial charge in [0.1, 0.15) is 11.5 Å². The lowest BCUT2D eigenvalue weighted by molar-refractivity contribution is -0.123. The monoisotopic (exact) mass is 449 g/mol. The highest BCUT2D eigenvalue weighted by molar-refractivity contribution is 7.80. The Hall–Kier alpha value is -2.84. The molecule has 0 unspecified atom stereocenters. The molecule has 0 fully saturated rings. The third-order valence-electron chi connectivity index (χ3n) is 3.92. The summed E-state index contributed by atoms with van der Waals surface area (Å²) in [6.45, 7) is 5.95. The van der Waals surface area contributed by atoms with Crippen molar-refractivity contribution in [1.82, 2.24) is 16.2 Å². The van der Waals surface area contributed by atoms with Crippen LogP contribution in [0.1, 0.15) is 34.8 Å². The fourth-order valence-corrected chi connectivity index (χ4v) is 2.75. The lowest BCUT2D eigenvalue weighted by Gasteiger charge is -2.14. The zero-order valence-corrected chi connectivity index (χ0v) is 18.6. The Bertz CT molecular complexity index is 913. The van der Waals surface area contributed by atoms with Crippen molar-refractivity contribution in [1.29, 1.82) is 0 Å². The largest absolute Gasteiger partial charge is 0.493 e. The minimum absolute atomic E-state index is 0.0585. The van der Waals surface area contributed by atoms with E-state index in [0.717, 1.165) is 17.5 Å². The van der Waals surface area contributed by atoms with Gasteiger partial charge in [0, 0.05) is 5.02 Å². The summed E-state index contributed by atoms with van der Waals surface area (Å²) in [4.78, 5) is 24.4. The first-order valence-electron chi connectivity index (χ1n) is 9.33. The number of hydrogen-bond acceptors (Lipinski definition) is 5. The number of halogens is 1. The first-order chi connectivity index (χ1) is 14.3. The second-order valence-corrected chi connectivity index (χ2v) is 7.25. The molecule has 2 rings (SSSR count). The zero-order chi connectivity index (χ0) is 22.1. The summed E-state index contributed by atoms with van der Waals surface area (Å²) in [5.41, 5.74) is 6.91. The number of benzene rings is 2. The predicted octanol–water partition coefficient (Wildman–Crippen LogP) is 3.46. The molecule has 2 aromatic rings. The zero-order valence-electron chi connectivity index (χ0n) is 17.0. The molecule has 0 aliphatic carbocycles. The molecule has 2 aromatic carbocycles. The van der Waals surface area contributed by atoms with Crippen molar-refractivity contribution in [2.24, 2.45) is 0 Å². The third kappa shape index (κ3) is 6.89. The van der Waals surface area contributed by atoms with E-state index in [9.17, 15) is 9.59 Å². The second-order valence-electron chi connectivity index (χ2n) is 6.46. The first-order valence-corrected chi connectivity index (χ1v) is 10.1. The average molecular weight is 450 g/mol. The van der Waals surface area contributed by atoms with Gasteiger partial charge in [-0.05, 0) is 67.9 Å². The van der Waals surface area contributed by atoms with Gasteiger partial charge in [0.05, 0.1) is 12.2 Å². The molecule has 0 heterocycles. The molecule has 0 atom stereocenters. The predicted molar refractivity (Wildman–Crippen MR) is 120 cm³/mol. The van der Waals surface area contributed by atoms with E-state index in [1.54, 1.807) is 36.4 Å². The fraction of sp³-hybridized carbons (Fsp3) is 0.286. The van der Waals surface area contributed by atoms with Gasteiger partial charge in [-0.25, -0.2) is 0 Å². The van der Waals surface area contributed by atoms with E-state index >= 15 is 0 Å². The lowest BCUT2D eigenvalue weighted by Crippen LogP contribution is -2.49. The normalized spacial score (nSPS) is 10.1. The summed E-state index contributed by atoms with van der Waals surface area (Å²) in [6.07, 6.45) is 0.819. The molecule has 0 spiro atoms. The van der Waals surface area contributed by atoms with E-state index in [1.165, 1.54) is 0 Å². The Morgan fingerprint density at radius 3 is 2.40 bits per heavy atom. The number of nitrogens with one attached hydrogen (secondary N) is 3. The van der Waals surface area contributed by atoms with Crippen LogP contribution in [0.25, 0.3) is 0 Å². The fourth-order valence-electron chi connectivity index (χ4n) is 2.49. The van der Waals surface area contributed by atoms with Crippen molar-refractivity contribution in [3.8, 4) is 11.5 Å². The van der Waals surface area contributed by atoms with Crippen molar-refractivity contribution in [3.63, 3.8) is 0 Å². The SMILES string of the molecule is CCCOc1ccccc1C(=O)NC(=S)NNC(=O)COc1cc(C)c(Cl)c(C)c1. The molecular weight excluding hydrogens is 426 g/mol. The van der Waals surface area contributed by atoms with E-state index in [1.807, 2.05) is 20.8 Å². The molecule has 9 heteroatoms. The number of carbonyl (C=O) groups is 2. The standard InChI is InChI=1S/C21H24ClN3O4S/c1-4-9-28-17-8-6-5-7-16(17)20(27)23-21(30)25-24-18(26)12-29-15-10-13(2)19(22)14(3)11-15/h5-8,10-11H,4,9,12H2,1-3H3,(H,24,26)(H2,23,25,27,30). The molecule has 0 aliphatic rings. The summed E-state index contributed by atoms with van der Waals surface area (Å²) in [5, 5.41) is 3.10. The van der Waals surface area contributed by atoms with Gasteiger partial charge in [-0.1, -0.05) is 30.7 Å². The number of amides is 2. The van der Waals surface area contributed by atoms with Gasteiger partial charge in [-0.2, -0.15) is 0 Å². The number of rotatable bonds is 7. The molecule has 3 N–H and O–H groups in total. The number of aryl methyl sites for hydroxylation is 2. The van der Waals surface area contributed by atoms with Crippen LogP contribution >= 0.6 is 23.8 Å². The first kappa shape index (κ1) is 23.4. The van der Waals surface area contributed by atoms with Gasteiger partial charge in [0.25, 0.3) is 11.8 Å². The Kier molecular flexibility index (Phi) is 8.89. The summed E-state index contributed by atoms with van der Waals surface area (Å²) in [5.74, 6) is 0.0788. The van der Waals surface area contributed by atoms with E-state index in [2.05, 4.69) is 16.2 Å². The van der Waals surface area contributed by atoms with Gasteiger partial charge >= 0.3 is 0 Å². The topological polar surface area (TPSA) is 88.7 Å². The van der Waals surface area contributed by atoms with Gasteiger partial charge in [-0.15, -0.1) is 0 Å². The molecule has 30 heavy (non-hydrogen) atoms. The quantitative estimate of drug-likeness (QED) is 0.443. The minimum Gasteiger partial charge on any atom is -0.493 e. The van der Waals surface area contributed by atoms with Crippen molar-refractivity contribution < 1.29 is 19.1 Å². The Balaban J connectivity index is 1.82. The van der Waals surface area contributed by atoms with Gasteiger partial charge in [0.2, 0.25) is 0 Å². The number of hydrogen-bond donors (Lipinski definition) is 3. The van der Waals surface area contributed by atoms with Crippen LogP contribution in [-0.4, -0.2) is 30.1 Å². The molecule has 0 saturated carbocycles. The van der Waals surface area contributed by atoms with E-state index < -0.39 is 11.8 Å². The highest BCUT2D eigenvalue weighted by atomic mass is 35.5. The molecule has 0 radical (unpaired) electrons. The molecule has 160 valence electrons. The van der Waals surface area contributed by atoms with Crippen LogP contribution in [0.4, 0.5) is 0 Å². The third-order valence-corrected chi connectivity index (χ3v) is 4.72. The van der Waals surface area contributed by atoms with Crippen molar-refractivity contribution in [3.05, 3.63) is 58.1 Å². The number of ether oxygens (including phenoxy) is 2. The van der Waals surface area contributed by atoms with Crippen LogP contribution in [0.5, 0.6) is 11.5 Å². The van der Waals surface area contributed by atoms with Crippen LogP contribution in [-0.2, 0) is 4.79 Å². The van der Waals surface area contributed by atoms with Crippen LogP contribution < -0.4 is 25.6 Å². The van der Waals surface area contributed by atoms with Crippen molar-refractivity contribution in [2.45, 2.75) is 27.2 Å². The van der Waals surface area contributed by atoms with Gasteiger partial charge in [-0.3, -0.25) is 25.8 Å². The number of thiocarbonyl (C=S) groups is 1. The minimum atomic E-state index is -0.469. The second kappa shape index (κ2) is 11.4. The van der Waals surface area contributed by atoms with Crippen LogP contribution in [0.2, 0.25) is 5.02 Å². The summed E-state index contributed by atoms with van der Waals surface area (Å²) < 4.78 is 11.0. The number of para-hydroxylation sites is 1. The van der Waals surface area contributed by atoms with Crippen molar-refractivity contribution in [2.75, 3.05) is 13.2 Å². The number of hydrazine groups is 1. The van der Waals surface area contributed by atoms with Gasteiger partial charge in [0.15, 0.2) is 11.7 Å². The summed E-state index contributed by atoms with van der Waals surface area (Å²) >= 11 is 11.2. The number of carbonyl (C=O) groups excluding carboxylic acids is 2. The smallest absolute Gasteiger partial charge is 0.276 e. The van der Waals surface area contributed by atoms with Crippen molar-refractivity contribution >= 4 is 40.7 Å². The highest BCUT2D eigenvalue weighted by Crippen LogP contribution is 2.25. The molecule has 0 aliphatic heterocycles. The lowest BCUT2D eigenvalue weighted by atomic mass is 10.1.